The van der Waals surface area contributed by atoms with E-state index in [1.54, 1.807) is 0 Å². The van der Waals surface area contributed by atoms with Gasteiger partial charge in [-0.1, -0.05) is 0 Å². The van der Waals surface area contributed by atoms with Crippen LogP contribution < -0.4 is 0 Å². The van der Waals surface area contributed by atoms with E-state index < -0.39 is 0 Å². The number of hydrogen-bond donors (Lipinski definition) is 2. The fourth-order valence-corrected chi connectivity index (χ4v) is 0. The average Bonchev–Trinajstić information content (AvgIpc) is 1.50. The maximum absolute atomic E-state index is 7.00. The molecule has 0 saturated carbocycles. The van der Waals surface area contributed by atoms with Crippen molar-refractivity contribution in [3.05, 3.63) is 0 Å². The van der Waals surface area contributed by atoms with Gasteiger partial charge in [0, 0.05) is 33.7 Å². The van der Waals surface area contributed by atoms with Crippen LogP contribution in [0, 0.1) is 0 Å². The van der Waals surface area contributed by atoms with E-state index in [1.807, 2.05) is 0 Å². The van der Waals surface area contributed by atoms with E-state index in [1.165, 1.54) is 0 Å². The van der Waals surface area contributed by atoms with Gasteiger partial charge in [-0.05, 0) is 0 Å². The van der Waals surface area contributed by atoms with Crippen LogP contribution in [0.15, 0.2) is 0 Å². The quantitative estimate of drug-likeness (QED) is 0.464. The van der Waals surface area contributed by atoms with Crippen LogP contribution in [0.5, 0.6) is 0 Å². The van der Waals surface area contributed by atoms with Gasteiger partial charge in [-0.3, -0.25) is 0 Å². The van der Waals surface area contributed by atoms with E-state index in [9.17, 15) is 0 Å². The first-order valence-corrected chi connectivity index (χ1v) is 0.894. The van der Waals surface area contributed by atoms with E-state index >= 15 is 0 Å². The van der Waals surface area contributed by atoms with Crippen LogP contribution in [-0.2, 0) is 19.5 Å². The Labute approximate surface area is 44.6 Å². The van der Waals surface area contributed by atoms with Crippen LogP contribution in [-0.4, -0.2) is 24.4 Å². The van der Waals surface area contributed by atoms with E-state index in [-0.39, 0.29) is 19.5 Å². The van der Waals surface area contributed by atoms with Gasteiger partial charge in [0.05, 0.1) is 0 Å². The van der Waals surface area contributed by atoms with Crippen LogP contribution in [0.3, 0.4) is 0 Å². The Morgan fingerprint density at radius 2 is 0.800 bits per heavy atom. The summed E-state index contributed by atoms with van der Waals surface area (Å²) in [7, 11) is 2.00. The standard InChI is InChI=1S/2CH4O.Rh/c2*1-2;/h2*2H,1H3;. The molecule has 0 fully saturated rings. The zero-order valence-corrected chi connectivity index (χ0v) is 4.87. The fourth-order valence-electron chi connectivity index (χ4n) is 0. The molecule has 0 rings (SSSR count). The largest absolute Gasteiger partial charge is 0.400 e. The summed E-state index contributed by atoms with van der Waals surface area (Å²) in [6, 6.07) is 0. The fraction of sp³-hybridized carbons (Fsp3) is 1.00. The first-order valence-electron chi connectivity index (χ1n) is 0.894. The van der Waals surface area contributed by atoms with Crippen molar-refractivity contribution in [2.75, 3.05) is 14.2 Å². The van der Waals surface area contributed by atoms with E-state index in [2.05, 4.69) is 0 Å². The molecule has 37 valence electrons. The molecular weight excluding hydrogens is 159 g/mol. The summed E-state index contributed by atoms with van der Waals surface area (Å²) in [4.78, 5) is 0. The minimum absolute atomic E-state index is 0. The van der Waals surface area contributed by atoms with Gasteiger partial charge in [0.25, 0.3) is 0 Å². The molecule has 0 aliphatic carbocycles. The molecule has 0 atom stereocenters. The van der Waals surface area contributed by atoms with Gasteiger partial charge in [-0.2, -0.15) is 0 Å². The predicted octanol–water partition coefficient (Wildman–Crippen LogP) is -0.786. The monoisotopic (exact) mass is 167 g/mol. The molecule has 5 heavy (non-hydrogen) atoms. The molecule has 0 aromatic heterocycles. The molecule has 0 spiro atoms. The molecule has 0 bridgehead atoms. The molecule has 1 radical (unpaired) electrons. The van der Waals surface area contributed by atoms with Gasteiger partial charge in [-0.25, -0.2) is 0 Å². The summed E-state index contributed by atoms with van der Waals surface area (Å²) < 4.78 is 0. The minimum atomic E-state index is 0. The molecule has 0 amide bonds. The molecule has 3 heteroatoms. The molecule has 0 heterocycles. The van der Waals surface area contributed by atoms with Crippen LogP contribution in [0.1, 0.15) is 0 Å². The van der Waals surface area contributed by atoms with Crippen molar-refractivity contribution in [1.82, 2.24) is 0 Å². The Morgan fingerprint density at radius 1 is 0.800 bits per heavy atom. The Bertz CT molecular complexity index is 7.61. The number of aliphatic hydroxyl groups excluding tert-OH is 2. The number of hydrogen-bond acceptors (Lipinski definition) is 2. The maximum Gasteiger partial charge on any atom is 0.0319 e. The van der Waals surface area contributed by atoms with Crippen molar-refractivity contribution >= 4 is 0 Å². The maximum atomic E-state index is 7.00. The molecule has 2 N–H and O–H groups in total. The Balaban J connectivity index is -0.0000000133. The molecule has 0 saturated heterocycles. The molecular formula is C2H8O2Rh. The second-order valence-electron chi connectivity index (χ2n) is 0. The first kappa shape index (κ1) is 17.7. The van der Waals surface area contributed by atoms with Gasteiger partial charge in [-0.15, -0.1) is 0 Å². The molecule has 0 aliphatic rings. The van der Waals surface area contributed by atoms with Gasteiger partial charge in [0.2, 0.25) is 0 Å². The van der Waals surface area contributed by atoms with Crippen molar-refractivity contribution in [2.24, 2.45) is 0 Å². The van der Waals surface area contributed by atoms with E-state index in [0.29, 0.717) is 0 Å². The predicted molar refractivity (Wildman–Crippen MR) is 16.3 cm³/mol. The number of rotatable bonds is 0. The van der Waals surface area contributed by atoms with E-state index in [4.69, 9.17) is 10.2 Å². The normalized spacial score (nSPS) is 2.40. The third kappa shape index (κ3) is 99.5. The van der Waals surface area contributed by atoms with E-state index in [0.717, 1.165) is 14.2 Å². The van der Waals surface area contributed by atoms with Gasteiger partial charge >= 0.3 is 0 Å². The summed E-state index contributed by atoms with van der Waals surface area (Å²) in [6.45, 7) is 0. The molecule has 0 aliphatic heterocycles. The summed E-state index contributed by atoms with van der Waals surface area (Å²) in [6.07, 6.45) is 0. The topological polar surface area (TPSA) is 40.5 Å². The molecule has 0 unspecified atom stereocenters. The minimum Gasteiger partial charge on any atom is -0.400 e. The van der Waals surface area contributed by atoms with Crippen molar-refractivity contribution in [2.45, 2.75) is 0 Å². The molecule has 0 aromatic carbocycles. The van der Waals surface area contributed by atoms with Crippen LogP contribution in [0.25, 0.3) is 0 Å². The summed E-state index contributed by atoms with van der Waals surface area (Å²) in [5.74, 6) is 0. The third-order valence-corrected chi connectivity index (χ3v) is 0. The molecule has 0 aromatic rings. The summed E-state index contributed by atoms with van der Waals surface area (Å²) >= 11 is 0. The summed E-state index contributed by atoms with van der Waals surface area (Å²) in [5, 5.41) is 14.0. The van der Waals surface area contributed by atoms with Crippen LogP contribution >= 0.6 is 0 Å². The van der Waals surface area contributed by atoms with Crippen molar-refractivity contribution < 1.29 is 29.7 Å². The average molecular weight is 167 g/mol. The second kappa shape index (κ2) is 193. The second-order valence-corrected chi connectivity index (χ2v) is 0. The zero-order valence-electron chi connectivity index (χ0n) is 3.23. The van der Waals surface area contributed by atoms with Gasteiger partial charge in [0.15, 0.2) is 0 Å². The SMILES string of the molecule is CO.CO.[Rh]. The van der Waals surface area contributed by atoms with Gasteiger partial charge in [0.1, 0.15) is 0 Å². The summed E-state index contributed by atoms with van der Waals surface area (Å²) in [5.41, 5.74) is 0. The van der Waals surface area contributed by atoms with Crippen LogP contribution in [0.4, 0.5) is 0 Å². The van der Waals surface area contributed by atoms with Gasteiger partial charge < -0.3 is 10.2 Å². The zero-order chi connectivity index (χ0) is 4.00. The number of aliphatic hydroxyl groups is 2. The Hall–Kier alpha value is 0.543. The van der Waals surface area contributed by atoms with Crippen molar-refractivity contribution in [3.8, 4) is 0 Å². The van der Waals surface area contributed by atoms with Crippen LogP contribution in [0.2, 0.25) is 0 Å². The first-order chi connectivity index (χ1) is 2.00. The third-order valence-electron chi connectivity index (χ3n) is 0. The van der Waals surface area contributed by atoms with Crippen molar-refractivity contribution in [1.29, 1.82) is 0 Å². The van der Waals surface area contributed by atoms with Crippen molar-refractivity contribution in [3.63, 3.8) is 0 Å². The Morgan fingerprint density at radius 3 is 0.800 bits per heavy atom. The molecule has 2 nitrogen and oxygen atoms in total. The smallest absolute Gasteiger partial charge is 0.0319 e. The Kier molecular flexibility index (Phi) is 684.